The maximum absolute atomic E-state index is 12.0. The van der Waals surface area contributed by atoms with Crippen molar-refractivity contribution < 1.29 is 37.9 Å². The van der Waals surface area contributed by atoms with E-state index in [1.807, 2.05) is 0 Å². The second-order valence-corrected chi connectivity index (χ2v) is 5.77. The van der Waals surface area contributed by atoms with Crippen molar-refractivity contribution in [1.82, 2.24) is 4.73 Å². The normalized spacial score (nSPS) is 11.3. The number of aliphatic carboxylic acids is 1. The first-order valence-electron chi connectivity index (χ1n) is 5.79. The SMILES string of the molecule is O=C(O)Cc1cc(O)n(OS(=O)(=O)c2ccc(O)cc2)c1O. The van der Waals surface area contributed by atoms with E-state index in [9.17, 15) is 23.4 Å². The number of phenols is 1. The Hall–Kier alpha value is -2.88. The van der Waals surface area contributed by atoms with Gasteiger partial charge < -0.3 is 20.4 Å². The van der Waals surface area contributed by atoms with Gasteiger partial charge in [0, 0.05) is 11.6 Å². The molecule has 0 saturated heterocycles. The summed E-state index contributed by atoms with van der Waals surface area (Å²) in [4.78, 5) is 10.3. The van der Waals surface area contributed by atoms with Crippen LogP contribution < -0.4 is 4.28 Å². The number of carboxylic acids is 1. The maximum atomic E-state index is 12.0. The zero-order valence-electron chi connectivity index (χ0n) is 10.9. The van der Waals surface area contributed by atoms with Crippen molar-refractivity contribution in [2.45, 2.75) is 11.3 Å². The van der Waals surface area contributed by atoms with Gasteiger partial charge in [-0.3, -0.25) is 9.08 Å². The maximum Gasteiger partial charge on any atom is 0.357 e. The van der Waals surface area contributed by atoms with Crippen molar-refractivity contribution in [2.75, 3.05) is 0 Å². The van der Waals surface area contributed by atoms with Crippen molar-refractivity contribution >= 4 is 16.1 Å². The number of aromatic nitrogens is 1. The number of aromatic hydroxyl groups is 3. The number of nitrogens with zero attached hydrogens (tertiary/aromatic N) is 1. The van der Waals surface area contributed by atoms with Gasteiger partial charge in [0.2, 0.25) is 11.8 Å². The van der Waals surface area contributed by atoms with E-state index in [0.717, 1.165) is 30.3 Å². The van der Waals surface area contributed by atoms with Crippen molar-refractivity contribution in [3.05, 3.63) is 35.9 Å². The lowest BCUT2D eigenvalue weighted by molar-refractivity contribution is -0.136. The van der Waals surface area contributed by atoms with Gasteiger partial charge in [0.05, 0.1) is 6.42 Å². The number of rotatable bonds is 5. The predicted octanol–water partition coefficient (Wildman–Crippen LogP) is 0.0495. The molecular formula is C12H11NO8S. The Labute approximate surface area is 124 Å². The monoisotopic (exact) mass is 329 g/mol. The van der Waals surface area contributed by atoms with Crippen LogP contribution >= 0.6 is 0 Å². The first-order valence-corrected chi connectivity index (χ1v) is 7.20. The van der Waals surface area contributed by atoms with Crippen LogP contribution in [0.15, 0.2) is 35.2 Å². The highest BCUT2D eigenvalue weighted by atomic mass is 32.2. The van der Waals surface area contributed by atoms with E-state index in [0.29, 0.717) is 0 Å². The van der Waals surface area contributed by atoms with Crippen molar-refractivity contribution in [3.8, 4) is 17.5 Å². The van der Waals surface area contributed by atoms with Crippen LogP contribution in [-0.2, 0) is 21.3 Å². The first-order chi connectivity index (χ1) is 10.2. The molecule has 0 spiro atoms. The summed E-state index contributed by atoms with van der Waals surface area (Å²) in [6.07, 6.45) is -0.630. The topological polar surface area (TPSA) is 146 Å². The van der Waals surface area contributed by atoms with Crippen LogP contribution in [-0.4, -0.2) is 39.5 Å². The van der Waals surface area contributed by atoms with Gasteiger partial charge in [-0.05, 0) is 24.3 Å². The van der Waals surface area contributed by atoms with Crippen molar-refractivity contribution in [2.24, 2.45) is 0 Å². The smallest absolute Gasteiger partial charge is 0.357 e. The molecule has 4 N–H and O–H groups in total. The Bertz CT molecular complexity index is 806. The van der Waals surface area contributed by atoms with Gasteiger partial charge in [0.15, 0.2) is 0 Å². The zero-order valence-corrected chi connectivity index (χ0v) is 11.7. The quantitative estimate of drug-likeness (QED) is 0.602. The molecule has 22 heavy (non-hydrogen) atoms. The number of phenolic OH excluding ortho intramolecular Hbond substituents is 1. The molecule has 1 heterocycles. The van der Waals surface area contributed by atoms with E-state index >= 15 is 0 Å². The molecule has 10 heteroatoms. The Morgan fingerprint density at radius 3 is 2.27 bits per heavy atom. The summed E-state index contributed by atoms with van der Waals surface area (Å²) >= 11 is 0. The molecule has 1 aromatic carbocycles. The molecule has 0 amide bonds. The molecule has 0 radical (unpaired) electrons. The van der Waals surface area contributed by atoms with Crippen LogP contribution in [0.5, 0.6) is 17.5 Å². The van der Waals surface area contributed by atoms with E-state index < -0.39 is 34.3 Å². The molecule has 0 atom stereocenters. The standard InChI is InChI=1S/C12H11NO8S/c14-8-1-3-9(4-2-8)22(19,20)21-13-10(15)5-7(12(13)18)6-11(16)17/h1-5,14-15,18H,6H2,(H,16,17). The Morgan fingerprint density at radius 2 is 1.73 bits per heavy atom. The molecule has 9 nitrogen and oxygen atoms in total. The average Bonchev–Trinajstić information content (AvgIpc) is 2.66. The van der Waals surface area contributed by atoms with Crippen molar-refractivity contribution in [3.63, 3.8) is 0 Å². The van der Waals surface area contributed by atoms with E-state index in [1.54, 1.807) is 0 Å². The van der Waals surface area contributed by atoms with Crippen LogP contribution in [0.2, 0.25) is 0 Å². The molecular weight excluding hydrogens is 318 g/mol. The van der Waals surface area contributed by atoms with Gasteiger partial charge in [-0.1, -0.05) is 4.73 Å². The minimum absolute atomic E-state index is 0.158. The minimum atomic E-state index is -4.41. The summed E-state index contributed by atoms with van der Waals surface area (Å²) in [6.45, 7) is 0. The van der Waals surface area contributed by atoms with E-state index in [4.69, 9.17) is 10.2 Å². The molecule has 0 fully saturated rings. The molecule has 1 aromatic heterocycles. The fourth-order valence-corrected chi connectivity index (χ4v) is 2.54. The highest BCUT2D eigenvalue weighted by Gasteiger charge is 2.24. The number of hydrogen-bond donors (Lipinski definition) is 4. The summed E-state index contributed by atoms with van der Waals surface area (Å²) in [6, 6.07) is 5.21. The lowest BCUT2D eigenvalue weighted by atomic mass is 10.2. The number of hydrogen-bond acceptors (Lipinski definition) is 7. The minimum Gasteiger partial charge on any atom is -0.508 e. The van der Waals surface area contributed by atoms with E-state index in [-0.39, 0.29) is 20.9 Å². The number of carboxylic acid groups (broad SMARTS) is 1. The first kappa shape index (κ1) is 15.5. The zero-order chi connectivity index (χ0) is 16.5. The second kappa shape index (κ2) is 5.48. The molecule has 0 aliphatic carbocycles. The lowest BCUT2D eigenvalue weighted by Crippen LogP contribution is -2.19. The second-order valence-electron chi connectivity index (χ2n) is 4.24. The average molecular weight is 329 g/mol. The van der Waals surface area contributed by atoms with Crippen LogP contribution in [0.3, 0.4) is 0 Å². The third-order valence-corrected chi connectivity index (χ3v) is 3.83. The lowest BCUT2D eigenvalue weighted by Gasteiger charge is -2.09. The number of carbonyl (C=O) groups is 1. The largest absolute Gasteiger partial charge is 0.508 e. The molecule has 0 saturated carbocycles. The van der Waals surface area contributed by atoms with Gasteiger partial charge in [0.25, 0.3) is 0 Å². The molecule has 0 unspecified atom stereocenters. The molecule has 0 bridgehead atoms. The van der Waals surface area contributed by atoms with Gasteiger partial charge >= 0.3 is 16.1 Å². The van der Waals surface area contributed by atoms with Crippen molar-refractivity contribution in [1.29, 1.82) is 0 Å². The summed E-state index contributed by atoms with van der Waals surface area (Å²) in [7, 11) is -4.41. The number of benzene rings is 1. The highest BCUT2D eigenvalue weighted by molar-refractivity contribution is 7.87. The summed E-state index contributed by atoms with van der Waals surface area (Å²) in [5.41, 5.74) is -0.217. The molecule has 2 rings (SSSR count). The molecule has 118 valence electrons. The molecule has 0 aliphatic rings. The Balaban J connectivity index is 2.36. The van der Waals surface area contributed by atoms with Crippen LogP contribution in [0.4, 0.5) is 0 Å². The van der Waals surface area contributed by atoms with Gasteiger partial charge in [-0.2, -0.15) is 8.42 Å². The third-order valence-electron chi connectivity index (χ3n) is 2.63. The molecule has 2 aromatic rings. The Morgan fingerprint density at radius 1 is 1.14 bits per heavy atom. The summed E-state index contributed by atoms with van der Waals surface area (Å²) in [5.74, 6) is -3.07. The Kier molecular flexibility index (Phi) is 3.87. The van der Waals surface area contributed by atoms with Gasteiger partial charge in [0.1, 0.15) is 10.6 Å². The predicted molar refractivity (Wildman–Crippen MR) is 71.0 cm³/mol. The fraction of sp³-hybridized carbons (Fsp3) is 0.0833. The fourth-order valence-electron chi connectivity index (χ4n) is 1.64. The van der Waals surface area contributed by atoms with E-state index in [2.05, 4.69) is 4.28 Å². The third kappa shape index (κ3) is 3.06. The summed E-state index contributed by atoms with van der Waals surface area (Å²) in [5, 5.41) is 37.0. The van der Waals surface area contributed by atoms with Gasteiger partial charge in [-0.15, -0.1) is 0 Å². The van der Waals surface area contributed by atoms with Crippen LogP contribution in [0.25, 0.3) is 0 Å². The van der Waals surface area contributed by atoms with Crippen LogP contribution in [0.1, 0.15) is 5.56 Å². The van der Waals surface area contributed by atoms with Gasteiger partial charge in [-0.25, -0.2) is 0 Å². The van der Waals surface area contributed by atoms with Crippen LogP contribution in [0, 0.1) is 0 Å². The van der Waals surface area contributed by atoms with E-state index in [1.165, 1.54) is 0 Å². The summed E-state index contributed by atoms with van der Waals surface area (Å²) < 4.78 is 28.7. The molecule has 0 aliphatic heterocycles. The highest BCUT2D eigenvalue weighted by Crippen LogP contribution is 2.28.